The lowest BCUT2D eigenvalue weighted by Crippen LogP contribution is -2.21. The predicted octanol–water partition coefficient (Wildman–Crippen LogP) is 2.42. The van der Waals surface area contributed by atoms with Crippen LogP contribution in [-0.2, 0) is 4.74 Å². The Kier molecular flexibility index (Phi) is 4.27. The smallest absolute Gasteiger partial charge is 0.345 e. The van der Waals surface area contributed by atoms with Gasteiger partial charge in [0.1, 0.15) is 6.20 Å². The molecule has 1 atom stereocenters. The van der Waals surface area contributed by atoms with Crippen molar-refractivity contribution in [3.63, 3.8) is 0 Å². The molecule has 1 aliphatic heterocycles. The Hall–Kier alpha value is -1.21. The SMILES string of the molecule is O=[N+]([O-])c1cnc(NCCC2CCCCO2)s1. The van der Waals surface area contributed by atoms with E-state index < -0.39 is 4.92 Å². The van der Waals surface area contributed by atoms with Gasteiger partial charge in [-0.25, -0.2) is 4.98 Å². The third-order valence-electron chi connectivity index (χ3n) is 2.69. The lowest BCUT2D eigenvalue weighted by Gasteiger charge is -2.22. The van der Waals surface area contributed by atoms with Crippen molar-refractivity contribution in [2.45, 2.75) is 31.8 Å². The van der Waals surface area contributed by atoms with E-state index in [1.807, 2.05) is 0 Å². The molecule has 0 aliphatic carbocycles. The summed E-state index contributed by atoms with van der Waals surface area (Å²) >= 11 is 1.07. The number of nitrogens with one attached hydrogen (secondary N) is 1. The minimum Gasteiger partial charge on any atom is -0.378 e. The first-order chi connectivity index (χ1) is 8.25. The van der Waals surface area contributed by atoms with Crippen LogP contribution in [0.25, 0.3) is 0 Å². The van der Waals surface area contributed by atoms with E-state index in [0.717, 1.165) is 43.8 Å². The molecule has 6 nitrogen and oxygen atoms in total. The molecule has 0 saturated carbocycles. The zero-order chi connectivity index (χ0) is 12.1. The molecule has 1 aliphatic rings. The van der Waals surface area contributed by atoms with Crippen molar-refractivity contribution in [3.8, 4) is 0 Å². The minimum atomic E-state index is -0.424. The van der Waals surface area contributed by atoms with Crippen LogP contribution in [0.1, 0.15) is 25.7 Å². The second-order valence-electron chi connectivity index (χ2n) is 3.96. The van der Waals surface area contributed by atoms with Crippen molar-refractivity contribution < 1.29 is 9.66 Å². The summed E-state index contributed by atoms with van der Waals surface area (Å²) in [5.41, 5.74) is 0. The molecular formula is C10H15N3O3S. The summed E-state index contributed by atoms with van der Waals surface area (Å²) in [4.78, 5) is 14.0. The maximum absolute atomic E-state index is 10.5. The molecule has 0 aromatic carbocycles. The van der Waals surface area contributed by atoms with Crippen molar-refractivity contribution in [2.24, 2.45) is 0 Å². The number of ether oxygens (including phenoxy) is 1. The first-order valence-electron chi connectivity index (χ1n) is 5.71. The molecule has 17 heavy (non-hydrogen) atoms. The van der Waals surface area contributed by atoms with Crippen LogP contribution in [0.3, 0.4) is 0 Å². The summed E-state index contributed by atoms with van der Waals surface area (Å²) in [6.45, 7) is 1.60. The van der Waals surface area contributed by atoms with Gasteiger partial charge >= 0.3 is 5.00 Å². The van der Waals surface area contributed by atoms with Crippen LogP contribution in [0.15, 0.2) is 6.20 Å². The van der Waals surface area contributed by atoms with E-state index in [4.69, 9.17) is 4.74 Å². The standard InChI is InChI=1S/C10H15N3O3S/c14-13(15)9-7-12-10(17-9)11-5-4-8-3-1-2-6-16-8/h7-8H,1-6H2,(H,11,12). The number of rotatable bonds is 5. The van der Waals surface area contributed by atoms with Crippen molar-refractivity contribution >= 4 is 21.5 Å². The summed E-state index contributed by atoms with van der Waals surface area (Å²) in [7, 11) is 0. The Labute approximate surface area is 103 Å². The van der Waals surface area contributed by atoms with E-state index in [2.05, 4.69) is 10.3 Å². The molecule has 1 unspecified atom stereocenters. The third-order valence-corrected chi connectivity index (χ3v) is 3.60. The fourth-order valence-electron chi connectivity index (χ4n) is 1.81. The highest BCUT2D eigenvalue weighted by molar-refractivity contribution is 7.18. The third kappa shape index (κ3) is 3.64. The average Bonchev–Trinajstić information content (AvgIpc) is 2.79. The van der Waals surface area contributed by atoms with Gasteiger partial charge in [0, 0.05) is 13.2 Å². The Morgan fingerprint density at radius 2 is 2.53 bits per heavy atom. The number of nitro groups is 1. The van der Waals surface area contributed by atoms with Gasteiger partial charge in [0.25, 0.3) is 0 Å². The summed E-state index contributed by atoms with van der Waals surface area (Å²) in [5.74, 6) is 0. The monoisotopic (exact) mass is 257 g/mol. The second kappa shape index (κ2) is 5.92. The van der Waals surface area contributed by atoms with Gasteiger partial charge < -0.3 is 10.1 Å². The zero-order valence-corrected chi connectivity index (χ0v) is 10.2. The maximum atomic E-state index is 10.5. The van der Waals surface area contributed by atoms with Gasteiger partial charge in [-0.05, 0) is 37.0 Å². The highest BCUT2D eigenvalue weighted by atomic mass is 32.1. The van der Waals surface area contributed by atoms with E-state index in [9.17, 15) is 10.1 Å². The van der Waals surface area contributed by atoms with Crippen molar-refractivity contribution in [3.05, 3.63) is 16.3 Å². The molecule has 7 heteroatoms. The number of nitrogens with zero attached hydrogens (tertiary/aromatic N) is 2. The van der Waals surface area contributed by atoms with Gasteiger partial charge in [0.15, 0.2) is 5.13 Å². The Balaban J connectivity index is 1.71. The molecule has 1 aromatic heterocycles. The minimum absolute atomic E-state index is 0.0708. The normalized spacial score (nSPS) is 20.1. The molecule has 1 aromatic rings. The van der Waals surface area contributed by atoms with E-state index in [-0.39, 0.29) is 5.00 Å². The number of thiazole rings is 1. The maximum Gasteiger partial charge on any atom is 0.345 e. The summed E-state index contributed by atoms with van der Waals surface area (Å²) in [5, 5.41) is 14.2. The molecule has 0 spiro atoms. The van der Waals surface area contributed by atoms with Crippen LogP contribution in [0.2, 0.25) is 0 Å². The molecule has 94 valence electrons. The van der Waals surface area contributed by atoms with Crippen LogP contribution < -0.4 is 5.32 Å². The van der Waals surface area contributed by atoms with Gasteiger partial charge in [0.2, 0.25) is 0 Å². The summed E-state index contributed by atoms with van der Waals surface area (Å²) in [6, 6.07) is 0. The molecule has 0 amide bonds. The average molecular weight is 257 g/mol. The van der Waals surface area contributed by atoms with Crippen molar-refractivity contribution in [1.29, 1.82) is 0 Å². The summed E-state index contributed by atoms with van der Waals surface area (Å²) in [6.07, 6.45) is 6.03. The number of aromatic nitrogens is 1. The summed E-state index contributed by atoms with van der Waals surface area (Å²) < 4.78 is 5.59. The number of hydrogen-bond acceptors (Lipinski definition) is 6. The van der Waals surface area contributed by atoms with E-state index >= 15 is 0 Å². The van der Waals surface area contributed by atoms with Crippen LogP contribution in [0, 0.1) is 10.1 Å². The Morgan fingerprint density at radius 3 is 3.18 bits per heavy atom. The highest BCUT2D eigenvalue weighted by Crippen LogP contribution is 2.25. The zero-order valence-electron chi connectivity index (χ0n) is 9.42. The molecule has 1 fully saturated rings. The highest BCUT2D eigenvalue weighted by Gasteiger charge is 2.14. The quantitative estimate of drug-likeness (QED) is 0.647. The first kappa shape index (κ1) is 12.3. The largest absolute Gasteiger partial charge is 0.378 e. The molecule has 1 saturated heterocycles. The van der Waals surface area contributed by atoms with Gasteiger partial charge in [-0.2, -0.15) is 0 Å². The van der Waals surface area contributed by atoms with Crippen LogP contribution in [0.4, 0.5) is 10.1 Å². The first-order valence-corrected chi connectivity index (χ1v) is 6.53. The molecular weight excluding hydrogens is 242 g/mol. The molecule has 0 radical (unpaired) electrons. The van der Waals surface area contributed by atoms with E-state index in [0.29, 0.717) is 11.2 Å². The van der Waals surface area contributed by atoms with Gasteiger partial charge in [-0.3, -0.25) is 10.1 Å². The molecule has 2 rings (SSSR count). The second-order valence-corrected chi connectivity index (χ2v) is 4.97. The van der Waals surface area contributed by atoms with Crippen LogP contribution >= 0.6 is 11.3 Å². The lowest BCUT2D eigenvalue weighted by atomic mass is 10.1. The van der Waals surface area contributed by atoms with Gasteiger partial charge in [-0.1, -0.05) is 0 Å². The van der Waals surface area contributed by atoms with Crippen LogP contribution in [-0.4, -0.2) is 29.2 Å². The fourth-order valence-corrected chi connectivity index (χ4v) is 2.46. The fraction of sp³-hybridized carbons (Fsp3) is 0.700. The van der Waals surface area contributed by atoms with Gasteiger partial charge in [-0.15, -0.1) is 0 Å². The van der Waals surface area contributed by atoms with Crippen molar-refractivity contribution in [1.82, 2.24) is 4.98 Å². The molecule has 0 bridgehead atoms. The van der Waals surface area contributed by atoms with E-state index in [1.54, 1.807) is 0 Å². The number of anilines is 1. The van der Waals surface area contributed by atoms with E-state index in [1.165, 1.54) is 12.6 Å². The topological polar surface area (TPSA) is 77.3 Å². The van der Waals surface area contributed by atoms with Crippen molar-refractivity contribution in [2.75, 3.05) is 18.5 Å². The van der Waals surface area contributed by atoms with Gasteiger partial charge in [0.05, 0.1) is 11.0 Å². The molecule has 2 heterocycles. The Bertz CT molecular complexity index is 377. The Morgan fingerprint density at radius 1 is 1.65 bits per heavy atom. The van der Waals surface area contributed by atoms with Crippen LogP contribution in [0.5, 0.6) is 0 Å². The lowest BCUT2D eigenvalue weighted by molar-refractivity contribution is -0.380. The predicted molar refractivity (Wildman–Crippen MR) is 65.5 cm³/mol. The molecule has 1 N–H and O–H groups in total. The number of hydrogen-bond donors (Lipinski definition) is 1.